The van der Waals surface area contributed by atoms with Crippen molar-refractivity contribution < 1.29 is 14.0 Å². The first kappa shape index (κ1) is 17.2. The minimum Gasteiger partial charge on any atom is -0.459 e. The molecule has 28 heavy (non-hydrogen) atoms. The maximum absolute atomic E-state index is 12.6. The molecule has 0 bridgehead atoms. The lowest BCUT2D eigenvalue weighted by atomic mass is 10.1. The molecule has 0 saturated heterocycles. The molecule has 0 spiro atoms. The van der Waals surface area contributed by atoms with Gasteiger partial charge in [0.2, 0.25) is 5.91 Å². The number of aromatic nitrogens is 1. The first-order chi connectivity index (χ1) is 13.6. The minimum absolute atomic E-state index is 0.192. The molecule has 1 fully saturated rings. The standard InChI is InChI=1S/C21H19N3O3S/c1-12-9-15-10-14(6-7-17(15)24(12)20(26)13-4-5-13)16-11-28-21(22-16)23-19(25)18-3-2-8-27-18/h2-3,6-8,10-13H,4-5,9H2,1H3,(H,22,23,25). The molecule has 3 heterocycles. The number of furan rings is 1. The largest absolute Gasteiger partial charge is 0.459 e. The number of amides is 2. The maximum Gasteiger partial charge on any atom is 0.293 e. The summed E-state index contributed by atoms with van der Waals surface area (Å²) in [6.45, 7) is 2.10. The van der Waals surface area contributed by atoms with Gasteiger partial charge in [0.25, 0.3) is 5.91 Å². The number of thiazole rings is 1. The molecular formula is C21H19N3O3S. The van der Waals surface area contributed by atoms with Crippen LogP contribution in [0.4, 0.5) is 10.8 Å². The van der Waals surface area contributed by atoms with Gasteiger partial charge in [0.05, 0.1) is 12.0 Å². The Labute approximate surface area is 166 Å². The lowest BCUT2D eigenvalue weighted by molar-refractivity contribution is -0.120. The predicted molar refractivity (Wildman–Crippen MR) is 108 cm³/mol. The van der Waals surface area contributed by atoms with E-state index in [0.29, 0.717) is 5.13 Å². The highest BCUT2D eigenvalue weighted by atomic mass is 32.1. The van der Waals surface area contributed by atoms with Crippen LogP contribution in [0.1, 0.15) is 35.9 Å². The summed E-state index contributed by atoms with van der Waals surface area (Å²) in [6.07, 6.45) is 4.35. The monoisotopic (exact) mass is 393 g/mol. The number of anilines is 2. The number of hydrogen-bond donors (Lipinski definition) is 1. The third-order valence-corrected chi connectivity index (χ3v) is 5.98. The topological polar surface area (TPSA) is 75.4 Å². The molecule has 0 radical (unpaired) electrons. The van der Waals surface area contributed by atoms with E-state index in [1.807, 2.05) is 22.4 Å². The van der Waals surface area contributed by atoms with Gasteiger partial charge >= 0.3 is 0 Å². The Bertz CT molecular complexity index is 1050. The Morgan fingerprint density at radius 2 is 2.14 bits per heavy atom. The zero-order chi connectivity index (χ0) is 19.3. The van der Waals surface area contributed by atoms with E-state index in [2.05, 4.69) is 23.3 Å². The van der Waals surface area contributed by atoms with Gasteiger partial charge in [-0.25, -0.2) is 4.98 Å². The van der Waals surface area contributed by atoms with Crippen molar-refractivity contribution >= 4 is 34.0 Å². The zero-order valence-corrected chi connectivity index (χ0v) is 16.2. The highest BCUT2D eigenvalue weighted by Crippen LogP contribution is 2.40. The Morgan fingerprint density at radius 1 is 1.29 bits per heavy atom. The molecule has 1 unspecified atom stereocenters. The van der Waals surface area contributed by atoms with Crippen molar-refractivity contribution in [2.45, 2.75) is 32.2 Å². The molecule has 1 saturated carbocycles. The number of rotatable bonds is 4. The van der Waals surface area contributed by atoms with Gasteiger partial charge in [-0.05, 0) is 56.0 Å². The van der Waals surface area contributed by atoms with Crippen LogP contribution in [-0.4, -0.2) is 22.8 Å². The summed E-state index contributed by atoms with van der Waals surface area (Å²) in [6, 6.07) is 9.60. The van der Waals surface area contributed by atoms with Gasteiger partial charge in [-0.2, -0.15) is 0 Å². The van der Waals surface area contributed by atoms with Crippen molar-refractivity contribution in [3.05, 3.63) is 53.3 Å². The van der Waals surface area contributed by atoms with Crippen molar-refractivity contribution in [1.82, 2.24) is 4.98 Å². The smallest absolute Gasteiger partial charge is 0.293 e. The van der Waals surface area contributed by atoms with E-state index >= 15 is 0 Å². The van der Waals surface area contributed by atoms with Crippen LogP contribution in [0, 0.1) is 5.92 Å². The van der Waals surface area contributed by atoms with E-state index in [9.17, 15) is 9.59 Å². The van der Waals surface area contributed by atoms with Crippen LogP contribution in [0.5, 0.6) is 0 Å². The van der Waals surface area contributed by atoms with E-state index < -0.39 is 0 Å². The van der Waals surface area contributed by atoms with Crippen molar-refractivity contribution in [2.75, 3.05) is 10.2 Å². The van der Waals surface area contributed by atoms with Crippen molar-refractivity contribution in [1.29, 1.82) is 0 Å². The molecule has 2 aromatic heterocycles. The van der Waals surface area contributed by atoms with Gasteiger partial charge in [-0.1, -0.05) is 6.07 Å². The fourth-order valence-electron chi connectivity index (χ4n) is 3.68. The molecule has 1 N–H and O–H groups in total. The van der Waals surface area contributed by atoms with Crippen LogP contribution >= 0.6 is 11.3 Å². The second kappa shape index (κ2) is 6.60. The Hall–Kier alpha value is -2.93. The van der Waals surface area contributed by atoms with Gasteiger partial charge < -0.3 is 9.32 Å². The second-order valence-electron chi connectivity index (χ2n) is 7.35. The first-order valence-electron chi connectivity index (χ1n) is 9.37. The number of benzene rings is 1. The van der Waals surface area contributed by atoms with Gasteiger partial charge in [0.1, 0.15) is 0 Å². The fraction of sp³-hybridized carbons (Fsp3) is 0.286. The average Bonchev–Trinajstić information content (AvgIpc) is 3.07. The third kappa shape index (κ3) is 3.01. The zero-order valence-electron chi connectivity index (χ0n) is 15.3. The first-order valence-corrected chi connectivity index (χ1v) is 10.2. The number of carbonyl (C=O) groups excluding carboxylic acids is 2. The number of carbonyl (C=O) groups is 2. The highest BCUT2D eigenvalue weighted by molar-refractivity contribution is 7.14. The molecule has 3 aromatic rings. The summed E-state index contributed by atoms with van der Waals surface area (Å²) in [5, 5.41) is 5.20. The molecule has 1 aromatic carbocycles. The summed E-state index contributed by atoms with van der Waals surface area (Å²) < 4.78 is 5.10. The normalized spacial score (nSPS) is 18.2. The molecular weight excluding hydrogens is 374 g/mol. The van der Waals surface area contributed by atoms with Crippen molar-refractivity contribution in [3.63, 3.8) is 0 Å². The highest BCUT2D eigenvalue weighted by Gasteiger charge is 2.39. The summed E-state index contributed by atoms with van der Waals surface area (Å²) in [4.78, 5) is 31.2. The number of nitrogens with one attached hydrogen (secondary N) is 1. The van der Waals surface area contributed by atoms with Gasteiger partial charge in [-0.3, -0.25) is 14.9 Å². The predicted octanol–water partition coefficient (Wildman–Crippen LogP) is 4.34. The molecule has 1 aliphatic carbocycles. The molecule has 5 rings (SSSR count). The van der Waals surface area contributed by atoms with Crippen molar-refractivity contribution in [2.24, 2.45) is 5.92 Å². The van der Waals surface area contributed by atoms with Gasteiger partial charge in [0, 0.05) is 28.6 Å². The molecule has 1 atom stereocenters. The van der Waals surface area contributed by atoms with Gasteiger partial charge in [-0.15, -0.1) is 11.3 Å². The molecule has 7 heteroatoms. The Kier molecular flexibility index (Phi) is 4.05. The molecule has 2 amide bonds. The molecule has 2 aliphatic rings. The minimum atomic E-state index is -0.317. The van der Waals surface area contributed by atoms with Crippen LogP contribution in [0.3, 0.4) is 0 Å². The van der Waals surface area contributed by atoms with Crippen molar-refractivity contribution in [3.8, 4) is 11.3 Å². The quantitative estimate of drug-likeness (QED) is 0.715. The van der Waals surface area contributed by atoms with E-state index in [1.54, 1.807) is 12.1 Å². The lowest BCUT2D eigenvalue weighted by Crippen LogP contribution is -2.36. The molecule has 142 valence electrons. The van der Waals surface area contributed by atoms with E-state index in [-0.39, 0.29) is 29.5 Å². The maximum atomic E-state index is 12.6. The van der Waals surface area contributed by atoms with Crippen LogP contribution in [-0.2, 0) is 11.2 Å². The molecule has 6 nitrogen and oxygen atoms in total. The summed E-state index contributed by atoms with van der Waals surface area (Å²) in [5.74, 6) is 0.411. The van der Waals surface area contributed by atoms with E-state index in [0.717, 1.165) is 36.2 Å². The van der Waals surface area contributed by atoms with Crippen LogP contribution in [0.15, 0.2) is 46.4 Å². The van der Waals surface area contributed by atoms with Crippen LogP contribution < -0.4 is 10.2 Å². The summed E-state index contributed by atoms with van der Waals surface area (Å²) in [5.41, 5.74) is 3.99. The second-order valence-corrected chi connectivity index (χ2v) is 8.21. The van der Waals surface area contributed by atoms with Crippen LogP contribution in [0.2, 0.25) is 0 Å². The number of fused-ring (bicyclic) bond motifs is 1. The van der Waals surface area contributed by atoms with E-state index in [4.69, 9.17) is 4.42 Å². The van der Waals surface area contributed by atoms with Gasteiger partial charge in [0.15, 0.2) is 10.9 Å². The average molecular weight is 393 g/mol. The summed E-state index contributed by atoms with van der Waals surface area (Å²) in [7, 11) is 0. The third-order valence-electron chi connectivity index (χ3n) is 5.22. The fourth-order valence-corrected chi connectivity index (χ4v) is 4.40. The summed E-state index contributed by atoms with van der Waals surface area (Å²) >= 11 is 1.37. The lowest BCUT2D eigenvalue weighted by Gasteiger charge is -2.22. The SMILES string of the molecule is CC1Cc2cc(-c3csc(NC(=O)c4ccco4)n3)ccc2N1C(=O)C1CC1. The Balaban J connectivity index is 1.37. The Morgan fingerprint density at radius 3 is 2.89 bits per heavy atom. The van der Waals surface area contributed by atoms with E-state index in [1.165, 1.54) is 23.2 Å². The molecule has 1 aliphatic heterocycles. The van der Waals surface area contributed by atoms with Crippen LogP contribution in [0.25, 0.3) is 11.3 Å². The number of hydrogen-bond acceptors (Lipinski definition) is 5. The number of nitrogens with zero attached hydrogens (tertiary/aromatic N) is 2.